The summed E-state index contributed by atoms with van der Waals surface area (Å²) in [6.45, 7) is 5.36. The topological polar surface area (TPSA) is 89.5 Å². The van der Waals surface area contributed by atoms with Crippen LogP contribution in [-0.2, 0) is 4.79 Å². The number of rotatable bonds is 5. The molecule has 142 valence electrons. The number of hydrogen-bond donors (Lipinski definition) is 1. The highest BCUT2D eigenvalue weighted by molar-refractivity contribution is 5.89. The van der Waals surface area contributed by atoms with Gasteiger partial charge in [-0.1, -0.05) is 6.07 Å². The Balaban J connectivity index is 1.87. The quantitative estimate of drug-likeness (QED) is 0.397. The molecule has 0 aliphatic heterocycles. The molecule has 1 aromatic heterocycles. The number of carbonyl (C=O) groups excluding carboxylic acids is 1. The molecular weight excluding hydrogens is 356 g/mol. The van der Waals surface area contributed by atoms with Crippen molar-refractivity contribution in [3.05, 3.63) is 81.7 Å². The Morgan fingerprint density at radius 1 is 1.14 bits per heavy atom. The molecular formula is C21H20N4O3. The van der Waals surface area contributed by atoms with Crippen LogP contribution in [0.3, 0.4) is 0 Å². The smallest absolute Gasteiger partial charge is 0.271 e. The molecule has 7 heteroatoms. The Hall–Kier alpha value is -3.74. The Kier molecular flexibility index (Phi) is 5.35. The van der Waals surface area contributed by atoms with Gasteiger partial charge >= 0.3 is 0 Å². The lowest BCUT2D eigenvalue weighted by Crippen LogP contribution is -2.04. The van der Waals surface area contributed by atoms with Gasteiger partial charge in [0.2, 0.25) is 5.91 Å². The van der Waals surface area contributed by atoms with E-state index in [1.165, 1.54) is 13.0 Å². The molecule has 0 aliphatic carbocycles. The third kappa shape index (κ3) is 4.15. The molecule has 1 N–H and O–H groups in total. The molecule has 0 spiro atoms. The highest BCUT2D eigenvalue weighted by Crippen LogP contribution is 2.24. The summed E-state index contributed by atoms with van der Waals surface area (Å²) in [6.07, 6.45) is 1.77. The number of benzene rings is 2. The maximum atomic E-state index is 11.1. The van der Waals surface area contributed by atoms with Crippen molar-refractivity contribution >= 4 is 29.2 Å². The predicted molar refractivity (Wildman–Crippen MR) is 110 cm³/mol. The van der Waals surface area contributed by atoms with Crippen LogP contribution in [0.5, 0.6) is 0 Å². The van der Waals surface area contributed by atoms with Gasteiger partial charge in [-0.25, -0.2) is 0 Å². The second kappa shape index (κ2) is 7.87. The number of aryl methyl sites for hydroxylation is 1. The Morgan fingerprint density at radius 2 is 1.86 bits per heavy atom. The number of non-ortho nitro benzene ring substituents is 1. The minimum Gasteiger partial charge on any atom is -0.326 e. The van der Waals surface area contributed by atoms with Gasteiger partial charge in [-0.2, -0.15) is 0 Å². The molecule has 28 heavy (non-hydrogen) atoms. The van der Waals surface area contributed by atoms with E-state index in [0.717, 1.165) is 34.0 Å². The fourth-order valence-electron chi connectivity index (χ4n) is 3.04. The molecule has 1 heterocycles. The number of nitrogens with zero attached hydrogens (tertiary/aromatic N) is 3. The fourth-order valence-corrected chi connectivity index (χ4v) is 3.04. The Labute approximate surface area is 162 Å². The van der Waals surface area contributed by atoms with Gasteiger partial charge in [0.25, 0.3) is 5.69 Å². The van der Waals surface area contributed by atoms with Crippen molar-refractivity contribution in [3.63, 3.8) is 0 Å². The minimum atomic E-state index is -0.398. The largest absolute Gasteiger partial charge is 0.326 e. The van der Waals surface area contributed by atoms with Crippen molar-refractivity contribution in [2.24, 2.45) is 4.99 Å². The molecule has 0 atom stereocenters. The molecule has 0 saturated carbocycles. The Bertz CT molecular complexity index is 1070. The van der Waals surface area contributed by atoms with Crippen molar-refractivity contribution in [1.29, 1.82) is 0 Å². The van der Waals surface area contributed by atoms with Crippen LogP contribution < -0.4 is 5.32 Å². The van der Waals surface area contributed by atoms with Gasteiger partial charge in [0.1, 0.15) is 0 Å². The van der Waals surface area contributed by atoms with Crippen LogP contribution in [0.15, 0.2) is 59.6 Å². The highest BCUT2D eigenvalue weighted by Gasteiger charge is 2.12. The van der Waals surface area contributed by atoms with E-state index in [4.69, 9.17) is 0 Å². The average Bonchev–Trinajstić information content (AvgIpc) is 2.94. The van der Waals surface area contributed by atoms with Gasteiger partial charge < -0.3 is 9.88 Å². The van der Waals surface area contributed by atoms with Gasteiger partial charge in [-0.15, -0.1) is 0 Å². The summed E-state index contributed by atoms with van der Waals surface area (Å²) >= 11 is 0. The van der Waals surface area contributed by atoms with E-state index in [9.17, 15) is 14.9 Å². The van der Waals surface area contributed by atoms with Crippen molar-refractivity contribution in [2.45, 2.75) is 20.8 Å². The molecule has 0 fully saturated rings. The van der Waals surface area contributed by atoms with Gasteiger partial charge in [-0.05, 0) is 50.2 Å². The maximum Gasteiger partial charge on any atom is 0.271 e. The first kappa shape index (κ1) is 19.0. The van der Waals surface area contributed by atoms with Gasteiger partial charge in [0.15, 0.2) is 0 Å². The Morgan fingerprint density at radius 3 is 2.50 bits per heavy atom. The molecule has 1 amide bonds. The summed E-state index contributed by atoms with van der Waals surface area (Å²) in [4.78, 5) is 26.2. The number of aliphatic imine (C=N–C) groups is 1. The molecule has 0 unspecified atom stereocenters. The first-order valence-corrected chi connectivity index (χ1v) is 8.70. The monoisotopic (exact) mass is 376 g/mol. The summed E-state index contributed by atoms with van der Waals surface area (Å²) in [7, 11) is 0. The van der Waals surface area contributed by atoms with Crippen molar-refractivity contribution < 1.29 is 9.72 Å². The van der Waals surface area contributed by atoms with Gasteiger partial charge in [0.05, 0.1) is 16.3 Å². The van der Waals surface area contributed by atoms with Crippen molar-refractivity contribution in [2.75, 3.05) is 5.32 Å². The minimum absolute atomic E-state index is 0.0551. The summed E-state index contributed by atoms with van der Waals surface area (Å²) in [6, 6.07) is 15.8. The number of hydrogen-bond acceptors (Lipinski definition) is 4. The van der Waals surface area contributed by atoms with Crippen LogP contribution in [0, 0.1) is 24.0 Å². The molecule has 0 bridgehead atoms. The predicted octanol–water partition coefficient (Wildman–Crippen LogP) is 4.71. The average molecular weight is 376 g/mol. The number of aromatic nitrogens is 1. The van der Waals surface area contributed by atoms with E-state index in [2.05, 4.69) is 10.3 Å². The van der Waals surface area contributed by atoms with E-state index in [1.807, 2.05) is 42.7 Å². The number of nitro groups is 1. The molecule has 2 aromatic carbocycles. The van der Waals surface area contributed by atoms with E-state index in [0.29, 0.717) is 0 Å². The SMILES string of the molecule is CC(=O)Nc1ccc(N=Cc2cc(C)n(-c3cccc([N+](=O)[O-])c3)c2C)cc1. The van der Waals surface area contributed by atoms with E-state index >= 15 is 0 Å². The third-order valence-electron chi connectivity index (χ3n) is 4.31. The standard InChI is InChI=1S/C21H20N4O3/c1-14-11-17(13-22-18-7-9-19(10-8-18)23-16(3)26)15(2)24(14)20-5-4-6-21(12-20)25(27)28/h4-13H,1-3H3,(H,23,26). The summed E-state index contributed by atoms with van der Waals surface area (Å²) in [5.74, 6) is -0.121. The lowest BCUT2D eigenvalue weighted by molar-refractivity contribution is -0.384. The summed E-state index contributed by atoms with van der Waals surface area (Å²) < 4.78 is 1.97. The van der Waals surface area contributed by atoms with Crippen LogP contribution in [0.25, 0.3) is 5.69 Å². The lowest BCUT2D eigenvalue weighted by atomic mass is 10.2. The van der Waals surface area contributed by atoms with Crippen LogP contribution in [-0.4, -0.2) is 21.6 Å². The van der Waals surface area contributed by atoms with Crippen molar-refractivity contribution in [3.8, 4) is 5.69 Å². The number of carbonyl (C=O) groups is 1. The van der Waals surface area contributed by atoms with Crippen LogP contribution in [0.2, 0.25) is 0 Å². The number of nitro benzene ring substituents is 1. The van der Waals surface area contributed by atoms with Crippen LogP contribution >= 0.6 is 0 Å². The van der Waals surface area contributed by atoms with Crippen LogP contribution in [0.1, 0.15) is 23.9 Å². The summed E-state index contributed by atoms with van der Waals surface area (Å²) in [5.41, 5.74) is 5.10. The fraction of sp³-hybridized carbons (Fsp3) is 0.143. The van der Waals surface area contributed by atoms with Gasteiger partial charge in [0, 0.05) is 47.9 Å². The second-order valence-corrected chi connectivity index (χ2v) is 6.43. The zero-order valence-corrected chi connectivity index (χ0v) is 15.8. The van der Waals surface area contributed by atoms with Crippen LogP contribution in [0.4, 0.5) is 17.1 Å². The highest BCUT2D eigenvalue weighted by atomic mass is 16.6. The van der Waals surface area contributed by atoms with Gasteiger partial charge in [-0.3, -0.25) is 19.9 Å². The zero-order chi connectivity index (χ0) is 20.3. The molecule has 0 saturated heterocycles. The summed E-state index contributed by atoms with van der Waals surface area (Å²) in [5, 5.41) is 13.8. The third-order valence-corrected chi connectivity index (χ3v) is 4.31. The first-order valence-electron chi connectivity index (χ1n) is 8.70. The normalized spacial score (nSPS) is 11.0. The van der Waals surface area contributed by atoms with E-state index in [1.54, 1.807) is 30.5 Å². The van der Waals surface area contributed by atoms with Crippen molar-refractivity contribution in [1.82, 2.24) is 4.57 Å². The molecule has 0 radical (unpaired) electrons. The number of amides is 1. The van der Waals surface area contributed by atoms with E-state index < -0.39 is 4.92 Å². The number of anilines is 1. The molecule has 0 aliphatic rings. The molecule has 7 nitrogen and oxygen atoms in total. The molecule has 3 aromatic rings. The number of nitrogens with one attached hydrogen (secondary N) is 1. The maximum absolute atomic E-state index is 11.1. The zero-order valence-electron chi connectivity index (χ0n) is 15.8. The second-order valence-electron chi connectivity index (χ2n) is 6.43. The molecule has 3 rings (SSSR count). The lowest BCUT2D eigenvalue weighted by Gasteiger charge is -2.09. The van der Waals surface area contributed by atoms with E-state index in [-0.39, 0.29) is 11.6 Å². The first-order chi connectivity index (χ1) is 13.3.